The second-order valence-electron chi connectivity index (χ2n) is 2.29. The summed E-state index contributed by atoms with van der Waals surface area (Å²) in [7, 11) is 1.61. The molecule has 0 amide bonds. The molecule has 0 saturated carbocycles. The minimum absolute atomic E-state index is 0.0231. The van der Waals surface area contributed by atoms with E-state index in [4.69, 9.17) is 4.74 Å². The Morgan fingerprint density at radius 3 is 2.70 bits per heavy atom. The van der Waals surface area contributed by atoms with Crippen LogP contribution in [0.25, 0.3) is 0 Å². The fraction of sp³-hybridized carbons (Fsp3) is 0.625. The Bertz CT molecular complexity index is 118. The average Bonchev–Trinajstić information content (AvgIpc) is 1.86. The molecule has 1 atom stereocenters. The highest BCUT2D eigenvalue weighted by atomic mass is 16.5. The van der Waals surface area contributed by atoms with Crippen molar-refractivity contribution in [3.8, 4) is 0 Å². The molecule has 0 heterocycles. The maximum atomic E-state index is 10.6. The first-order chi connectivity index (χ1) is 4.70. The summed E-state index contributed by atoms with van der Waals surface area (Å²) in [5.74, 6) is 0.161. The lowest BCUT2D eigenvalue weighted by atomic mass is 10.1. The van der Waals surface area contributed by atoms with Gasteiger partial charge in [0.2, 0.25) is 0 Å². The van der Waals surface area contributed by atoms with Gasteiger partial charge in [-0.3, -0.25) is 4.79 Å². The van der Waals surface area contributed by atoms with Crippen molar-refractivity contribution < 1.29 is 9.53 Å². The quantitative estimate of drug-likeness (QED) is 0.544. The van der Waals surface area contributed by atoms with Gasteiger partial charge in [-0.1, -0.05) is 6.08 Å². The van der Waals surface area contributed by atoms with Crippen molar-refractivity contribution in [2.24, 2.45) is 0 Å². The molecule has 0 aromatic rings. The Balaban J connectivity index is 3.59. The topological polar surface area (TPSA) is 26.3 Å². The van der Waals surface area contributed by atoms with Crippen LogP contribution in [0.2, 0.25) is 0 Å². The van der Waals surface area contributed by atoms with E-state index in [1.54, 1.807) is 20.1 Å². The summed E-state index contributed by atoms with van der Waals surface area (Å²) in [5, 5.41) is 0. The van der Waals surface area contributed by atoms with E-state index < -0.39 is 0 Å². The second-order valence-corrected chi connectivity index (χ2v) is 2.29. The molecule has 10 heavy (non-hydrogen) atoms. The van der Waals surface area contributed by atoms with Crippen LogP contribution in [-0.4, -0.2) is 19.0 Å². The summed E-state index contributed by atoms with van der Waals surface area (Å²) in [6.45, 7) is 5.13. The Morgan fingerprint density at radius 2 is 2.40 bits per heavy atom. The lowest BCUT2D eigenvalue weighted by Gasteiger charge is -2.09. The highest BCUT2D eigenvalue weighted by Gasteiger charge is 2.06. The van der Waals surface area contributed by atoms with Gasteiger partial charge in [-0.15, -0.1) is 6.58 Å². The highest BCUT2D eigenvalue weighted by Crippen LogP contribution is 2.03. The van der Waals surface area contributed by atoms with Gasteiger partial charge in [0.1, 0.15) is 5.78 Å². The van der Waals surface area contributed by atoms with E-state index in [9.17, 15) is 4.79 Å². The molecule has 58 valence electrons. The zero-order valence-electron chi connectivity index (χ0n) is 6.59. The second kappa shape index (κ2) is 5.18. The molecule has 0 unspecified atom stereocenters. The molecule has 2 nitrogen and oxygen atoms in total. The van der Waals surface area contributed by atoms with E-state index in [0.29, 0.717) is 6.42 Å². The minimum atomic E-state index is 0.0231. The van der Waals surface area contributed by atoms with Crippen LogP contribution in [-0.2, 0) is 9.53 Å². The molecular weight excluding hydrogens is 128 g/mol. The fourth-order valence-corrected chi connectivity index (χ4v) is 0.769. The van der Waals surface area contributed by atoms with Gasteiger partial charge in [0.05, 0.1) is 6.10 Å². The predicted octanol–water partition coefficient (Wildman–Crippen LogP) is 1.56. The molecule has 0 saturated heterocycles. The maximum Gasteiger partial charge on any atom is 0.132 e. The molecule has 2 heteroatoms. The van der Waals surface area contributed by atoms with Crippen molar-refractivity contribution in [1.82, 2.24) is 0 Å². The summed E-state index contributed by atoms with van der Waals surface area (Å²) in [4.78, 5) is 10.6. The van der Waals surface area contributed by atoms with E-state index in [1.165, 1.54) is 0 Å². The van der Waals surface area contributed by atoms with Crippen molar-refractivity contribution in [2.45, 2.75) is 25.9 Å². The largest absolute Gasteiger partial charge is 0.381 e. The Hall–Kier alpha value is -0.630. The number of carbonyl (C=O) groups excluding carboxylic acids is 1. The number of carbonyl (C=O) groups is 1. The van der Waals surface area contributed by atoms with Crippen LogP contribution >= 0.6 is 0 Å². The van der Waals surface area contributed by atoms with Crippen LogP contribution in [0.1, 0.15) is 19.8 Å². The molecule has 0 aromatic carbocycles. The SMILES string of the molecule is C=CC[C@H](CC(C)=O)OC. The Morgan fingerprint density at radius 1 is 1.80 bits per heavy atom. The van der Waals surface area contributed by atoms with Gasteiger partial charge < -0.3 is 4.74 Å². The molecule has 0 aromatic heterocycles. The molecule has 0 aliphatic heterocycles. The molecule has 0 fully saturated rings. The van der Waals surface area contributed by atoms with Crippen LogP contribution in [0.4, 0.5) is 0 Å². The summed E-state index contributed by atoms with van der Waals surface area (Å²) in [6.07, 6.45) is 3.02. The zero-order valence-corrected chi connectivity index (χ0v) is 6.59. The number of Topliss-reactive ketones (excluding diaryl/α,β-unsaturated/α-hetero) is 1. The monoisotopic (exact) mass is 142 g/mol. The van der Waals surface area contributed by atoms with E-state index in [0.717, 1.165) is 6.42 Å². The number of hydrogen-bond donors (Lipinski definition) is 0. The average molecular weight is 142 g/mol. The lowest BCUT2D eigenvalue weighted by molar-refractivity contribution is -0.119. The van der Waals surface area contributed by atoms with E-state index >= 15 is 0 Å². The van der Waals surface area contributed by atoms with Gasteiger partial charge in [0.15, 0.2) is 0 Å². The number of ketones is 1. The maximum absolute atomic E-state index is 10.6. The van der Waals surface area contributed by atoms with Crippen molar-refractivity contribution in [1.29, 1.82) is 0 Å². The molecule has 0 bridgehead atoms. The highest BCUT2D eigenvalue weighted by molar-refractivity contribution is 5.75. The summed E-state index contributed by atoms with van der Waals surface area (Å²) < 4.78 is 5.01. The summed E-state index contributed by atoms with van der Waals surface area (Å²) in [5.41, 5.74) is 0. The van der Waals surface area contributed by atoms with Crippen LogP contribution in [0.3, 0.4) is 0 Å². The normalized spacial score (nSPS) is 12.6. The van der Waals surface area contributed by atoms with Gasteiger partial charge in [0, 0.05) is 13.5 Å². The third-order valence-electron chi connectivity index (χ3n) is 1.28. The van der Waals surface area contributed by atoms with Crippen molar-refractivity contribution >= 4 is 5.78 Å². The zero-order chi connectivity index (χ0) is 7.98. The molecular formula is C8H14O2. The Kier molecular flexibility index (Phi) is 4.85. The molecule has 0 rings (SSSR count). The first kappa shape index (κ1) is 9.37. The van der Waals surface area contributed by atoms with Gasteiger partial charge in [0.25, 0.3) is 0 Å². The number of hydrogen-bond acceptors (Lipinski definition) is 2. The van der Waals surface area contributed by atoms with E-state index in [1.807, 2.05) is 0 Å². The van der Waals surface area contributed by atoms with Crippen LogP contribution in [0.15, 0.2) is 12.7 Å². The number of methoxy groups -OCH3 is 1. The lowest BCUT2D eigenvalue weighted by Crippen LogP contribution is -2.13. The summed E-state index contributed by atoms with van der Waals surface area (Å²) >= 11 is 0. The third kappa shape index (κ3) is 4.27. The minimum Gasteiger partial charge on any atom is -0.381 e. The van der Waals surface area contributed by atoms with Crippen LogP contribution in [0, 0.1) is 0 Å². The Labute approximate surface area is 61.9 Å². The first-order valence-corrected chi connectivity index (χ1v) is 3.33. The molecule has 0 aliphatic carbocycles. The fourth-order valence-electron chi connectivity index (χ4n) is 0.769. The molecule has 0 aliphatic rings. The van der Waals surface area contributed by atoms with Crippen molar-refractivity contribution in [3.63, 3.8) is 0 Å². The first-order valence-electron chi connectivity index (χ1n) is 3.33. The van der Waals surface area contributed by atoms with Crippen molar-refractivity contribution in [2.75, 3.05) is 7.11 Å². The van der Waals surface area contributed by atoms with Crippen LogP contribution < -0.4 is 0 Å². The molecule has 0 spiro atoms. The van der Waals surface area contributed by atoms with Gasteiger partial charge in [-0.2, -0.15) is 0 Å². The van der Waals surface area contributed by atoms with Gasteiger partial charge in [-0.25, -0.2) is 0 Å². The van der Waals surface area contributed by atoms with Gasteiger partial charge >= 0.3 is 0 Å². The molecule has 0 N–H and O–H groups in total. The van der Waals surface area contributed by atoms with E-state index in [2.05, 4.69) is 6.58 Å². The smallest absolute Gasteiger partial charge is 0.132 e. The number of rotatable bonds is 5. The standard InChI is InChI=1S/C8H14O2/c1-4-5-8(10-3)6-7(2)9/h4,8H,1,5-6H2,2-3H3/t8-/m1/s1. The third-order valence-corrected chi connectivity index (χ3v) is 1.28. The van der Waals surface area contributed by atoms with Gasteiger partial charge in [-0.05, 0) is 13.3 Å². The van der Waals surface area contributed by atoms with E-state index in [-0.39, 0.29) is 11.9 Å². The molecule has 0 radical (unpaired) electrons. The summed E-state index contributed by atoms with van der Waals surface area (Å²) in [6, 6.07) is 0. The van der Waals surface area contributed by atoms with Crippen molar-refractivity contribution in [3.05, 3.63) is 12.7 Å². The predicted molar refractivity (Wildman–Crippen MR) is 40.9 cm³/mol. The number of ether oxygens (including phenoxy) is 1. The van der Waals surface area contributed by atoms with Crippen LogP contribution in [0.5, 0.6) is 0 Å².